The lowest BCUT2D eigenvalue weighted by Crippen LogP contribution is -1.91. The zero-order chi connectivity index (χ0) is 9.42. The lowest BCUT2D eigenvalue weighted by Gasteiger charge is -1.97. The second-order valence-electron chi connectivity index (χ2n) is 2.87. The first-order valence-corrected chi connectivity index (χ1v) is 4.72. The van der Waals surface area contributed by atoms with Crippen molar-refractivity contribution in [2.24, 2.45) is 7.05 Å². The van der Waals surface area contributed by atoms with Crippen molar-refractivity contribution in [1.82, 2.24) is 9.55 Å². The molecule has 0 saturated heterocycles. The van der Waals surface area contributed by atoms with Crippen LogP contribution in [-0.4, -0.2) is 9.55 Å². The summed E-state index contributed by atoms with van der Waals surface area (Å²) in [5, 5.41) is 0. The monoisotopic (exact) mass is 240 g/mol. The van der Waals surface area contributed by atoms with Crippen molar-refractivity contribution >= 4 is 15.9 Å². The van der Waals surface area contributed by atoms with Gasteiger partial charge in [0.15, 0.2) is 11.6 Å². The van der Waals surface area contributed by atoms with E-state index in [2.05, 4.69) is 20.9 Å². The highest BCUT2D eigenvalue weighted by atomic mass is 79.9. The lowest BCUT2D eigenvalue weighted by atomic mass is 10.4. The van der Waals surface area contributed by atoms with Gasteiger partial charge in [-0.3, -0.25) is 0 Å². The average molecular weight is 241 g/mol. The second kappa shape index (κ2) is 3.03. The van der Waals surface area contributed by atoms with Gasteiger partial charge in [-0.2, -0.15) is 0 Å². The van der Waals surface area contributed by atoms with Crippen molar-refractivity contribution in [2.45, 2.75) is 6.92 Å². The summed E-state index contributed by atoms with van der Waals surface area (Å²) in [4.78, 5) is 4.22. The summed E-state index contributed by atoms with van der Waals surface area (Å²) < 4.78 is 8.33. The van der Waals surface area contributed by atoms with E-state index in [-0.39, 0.29) is 0 Å². The Morgan fingerprint density at radius 1 is 1.46 bits per heavy atom. The fourth-order valence-electron chi connectivity index (χ4n) is 1.17. The molecule has 2 rings (SSSR count). The molecule has 0 N–H and O–H groups in total. The summed E-state index contributed by atoms with van der Waals surface area (Å²) in [7, 11) is 1.93. The summed E-state index contributed by atoms with van der Waals surface area (Å²) in [6.45, 7) is 1.92. The van der Waals surface area contributed by atoms with Gasteiger partial charge in [0, 0.05) is 7.05 Å². The van der Waals surface area contributed by atoms with Crippen LogP contribution < -0.4 is 0 Å². The van der Waals surface area contributed by atoms with E-state index < -0.39 is 0 Å². The molecule has 0 aliphatic rings. The van der Waals surface area contributed by atoms with E-state index in [1.807, 2.05) is 30.7 Å². The molecule has 0 radical (unpaired) electrons. The van der Waals surface area contributed by atoms with E-state index in [1.54, 1.807) is 6.20 Å². The Kier molecular flexibility index (Phi) is 2.00. The molecular formula is C9H9BrN2O. The lowest BCUT2D eigenvalue weighted by molar-refractivity contribution is 0.541. The van der Waals surface area contributed by atoms with Gasteiger partial charge in [0.1, 0.15) is 10.4 Å². The van der Waals surface area contributed by atoms with E-state index in [1.165, 1.54) is 0 Å². The van der Waals surface area contributed by atoms with Crippen LogP contribution in [0.1, 0.15) is 5.76 Å². The van der Waals surface area contributed by atoms with Gasteiger partial charge in [0.2, 0.25) is 0 Å². The smallest absolute Gasteiger partial charge is 0.176 e. The average Bonchev–Trinajstić information content (AvgIpc) is 2.62. The van der Waals surface area contributed by atoms with Crippen LogP contribution >= 0.6 is 15.9 Å². The van der Waals surface area contributed by atoms with Gasteiger partial charge in [-0.1, -0.05) is 0 Å². The minimum absolute atomic E-state index is 0.797. The fourth-order valence-corrected chi connectivity index (χ4v) is 1.44. The fraction of sp³-hybridized carbons (Fsp3) is 0.222. The highest BCUT2D eigenvalue weighted by Gasteiger charge is 2.09. The third kappa shape index (κ3) is 1.42. The second-order valence-corrected chi connectivity index (χ2v) is 3.69. The zero-order valence-corrected chi connectivity index (χ0v) is 9.00. The summed E-state index contributed by atoms with van der Waals surface area (Å²) in [6, 6.07) is 3.85. The molecule has 0 amide bonds. The Balaban J connectivity index is 2.52. The first kappa shape index (κ1) is 8.56. The summed E-state index contributed by atoms with van der Waals surface area (Å²) >= 11 is 3.38. The van der Waals surface area contributed by atoms with Crippen molar-refractivity contribution in [3.63, 3.8) is 0 Å². The number of nitrogens with zero attached hydrogens (tertiary/aromatic N) is 2. The number of aryl methyl sites for hydroxylation is 1. The summed E-state index contributed by atoms with van der Waals surface area (Å²) in [5.41, 5.74) is 0. The zero-order valence-electron chi connectivity index (χ0n) is 7.41. The molecule has 0 fully saturated rings. The van der Waals surface area contributed by atoms with Crippen molar-refractivity contribution in [1.29, 1.82) is 0 Å². The van der Waals surface area contributed by atoms with Crippen LogP contribution in [-0.2, 0) is 7.05 Å². The number of imidazole rings is 1. The number of halogens is 1. The Hall–Kier alpha value is -1.03. The van der Waals surface area contributed by atoms with E-state index in [0.717, 1.165) is 21.9 Å². The topological polar surface area (TPSA) is 31.0 Å². The van der Waals surface area contributed by atoms with Crippen molar-refractivity contribution in [2.75, 3.05) is 0 Å². The van der Waals surface area contributed by atoms with Crippen LogP contribution in [0.15, 0.2) is 27.3 Å². The van der Waals surface area contributed by atoms with Gasteiger partial charge in [-0.15, -0.1) is 0 Å². The molecule has 0 aliphatic heterocycles. The largest absolute Gasteiger partial charge is 0.458 e. The molecule has 0 bridgehead atoms. The highest BCUT2D eigenvalue weighted by Crippen LogP contribution is 2.22. The first-order valence-electron chi connectivity index (χ1n) is 3.92. The maximum absolute atomic E-state index is 5.46. The van der Waals surface area contributed by atoms with Gasteiger partial charge >= 0.3 is 0 Å². The van der Waals surface area contributed by atoms with Crippen LogP contribution in [0.4, 0.5) is 0 Å². The van der Waals surface area contributed by atoms with Gasteiger partial charge < -0.3 is 8.98 Å². The van der Waals surface area contributed by atoms with Gasteiger partial charge in [-0.05, 0) is 35.0 Å². The maximum atomic E-state index is 5.46. The Morgan fingerprint density at radius 2 is 2.23 bits per heavy atom. The van der Waals surface area contributed by atoms with Gasteiger partial charge in [-0.25, -0.2) is 4.98 Å². The minimum atomic E-state index is 0.797. The molecular weight excluding hydrogens is 232 g/mol. The number of hydrogen-bond donors (Lipinski definition) is 0. The van der Waals surface area contributed by atoms with E-state index in [4.69, 9.17) is 4.42 Å². The van der Waals surface area contributed by atoms with Crippen LogP contribution in [0.2, 0.25) is 0 Å². The molecule has 0 spiro atoms. The van der Waals surface area contributed by atoms with Gasteiger partial charge in [0.25, 0.3) is 0 Å². The number of rotatable bonds is 1. The molecule has 0 atom stereocenters. The number of hydrogen-bond acceptors (Lipinski definition) is 2. The van der Waals surface area contributed by atoms with Crippen LogP contribution in [0, 0.1) is 6.92 Å². The molecule has 2 heterocycles. The van der Waals surface area contributed by atoms with Crippen molar-refractivity contribution in [3.05, 3.63) is 28.7 Å². The third-order valence-electron chi connectivity index (χ3n) is 1.89. The normalized spacial score (nSPS) is 10.7. The number of furan rings is 1. The molecule has 0 aromatic carbocycles. The van der Waals surface area contributed by atoms with Crippen molar-refractivity contribution < 1.29 is 4.42 Å². The molecule has 13 heavy (non-hydrogen) atoms. The molecule has 2 aromatic heterocycles. The first-order chi connectivity index (χ1) is 6.18. The predicted molar refractivity (Wildman–Crippen MR) is 53.3 cm³/mol. The molecule has 0 unspecified atom stereocenters. The molecule has 0 aliphatic carbocycles. The molecule has 68 valence electrons. The highest BCUT2D eigenvalue weighted by molar-refractivity contribution is 9.10. The van der Waals surface area contributed by atoms with E-state index in [9.17, 15) is 0 Å². The molecule has 3 nitrogen and oxygen atoms in total. The standard InChI is InChI=1S/C9H9BrN2O/c1-6-3-4-7(13-6)9-11-5-8(10)12(9)2/h3-5H,1-2H3. The van der Waals surface area contributed by atoms with Crippen LogP contribution in [0.5, 0.6) is 0 Å². The number of aromatic nitrogens is 2. The van der Waals surface area contributed by atoms with Crippen molar-refractivity contribution in [3.8, 4) is 11.6 Å². The predicted octanol–water partition coefficient (Wildman–Crippen LogP) is 2.75. The summed E-state index contributed by atoms with van der Waals surface area (Å²) in [5.74, 6) is 2.53. The quantitative estimate of drug-likeness (QED) is 0.768. The Bertz CT molecular complexity index is 431. The van der Waals surface area contributed by atoms with Crippen LogP contribution in [0.3, 0.4) is 0 Å². The molecule has 4 heteroatoms. The minimum Gasteiger partial charge on any atom is -0.458 e. The van der Waals surface area contributed by atoms with E-state index in [0.29, 0.717) is 0 Å². The maximum Gasteiger partial charge on any atom is 0.176 e. The van der Waals surface area contributed by atoms with E-state index >= 15 is 0 Å². The SMILES string of the molecule is Cc1ccc(-c2ncc(Br)n2C)o1. The Morgan fingerprint density at radius 3 is 2.69 bits per heavy atom. The molecule has 0 saturated carbocycles. The molecule has 2 aromatic rings. The third-order valence-corrected chi connectivity index (χ3v) is 2.63. The van der Waals surface area contributed by atoms with Crippen LogP contribution in [0.25, 0.3) is 11.6 Å². The van der Waals surface area contributed by atoms with Gasteiger partial charge in [0.05, 0.1) is 6.20 Å². The summed E-state index contributed by atoms with van der Waals surface area (Å²) in [6.07, 6.45) is 1.76. The Labute approximate surface area is 84.5 Å².